The zero-order valence-electron chi connectivity index (χ0n) is 6.81. The molecular weight excluding hydrogens is 246 g/mol. The highest BCUT2D eigenvalue weighted by Gasteiger charge is 2.10. The highest BCUT2D eigenvalue weighted by atomic mass is 79.9. The predicted molar refractivity (Wildman–Crippen MR) is 46.6 cm³/mol. The summed E-state index contributed by atoms with van der Waals surface area (Å²) in [5.74, 6) is -1.47. The Kier molecular flexibility index (Phi) is 3.62. The second-order valence-electron chi connectivity index (χ2n) is 2.25. The third-order valence-corrected chi connectivity index (χ3v) is 1.87. The second kappa shape index (κ2) is 4.53. The van der Waals surface area contributed by atoms with Gasteiger partial charge in [0.25, 0.3) is 0 Å². The lowest BCUT2D eigenvalue weighted by Gasteiger charge is -2.07. The summed E-state index contributed by atoms with van der Waals surface area (Å²) in [5.41, 5.74) is 0. The number of rotatable bonds is 3. The number of hydrogen-bond donors (Lipinski definition) is 0. The largest absolute Gasteiger partial charge is 0.463 e. The van der Waals surface area contributed by atoms with Gasteiger partial charge in [0.05, 0.1) is 4.47 Å². The maximum Gasteiger partial charge on any atom is 0.188 e. The number of benzene rings is 1. The quantitative estimate of drug-likeness (QED) is 0.771. The Morgan fingerprint density at radius 2 is 2.08 bits per heavy atom. The summed E-state index contributed by atoms with van der Waals surface area (Å²) in [6.45, 7) is -0.0822. The molecule has 0 heterocycles. The Balaban J connectivity index is 2.92. The van der Waals surface area contributed by atoms with Crippen LogP contribution in [0.1, 0.15) is 0 Å². The van der Waals surface area contributed by atoms with Crippen LogP contribution < -0.4 is 4.74 Å². The Morgan fingerprint density at radius 3 is 2.62 bits per heavy atom. The summed E-state index contributed by atoms with van der Waals surface area (Å²) in [5, 5.41) is 0. The molecule has 0 saturated carbocycles. The first kappa shape index (κ1) is 10.4. The highest BCUT2D eigenvalue weighted by molar-refractivity contribution is 9.10. The molecule has 0 N–H and O–H groups in total. The minimum Gasteiger partial charge on any atom is -0.463 e. The van der Waals surface area contributed by atoms with E-state index in [-0.39, 0.29) is 17.0 Å². The van der Waals surface area contributed by atoms with Crippen LogP contribution in [0.4, 0.5) is 8.78 Å². The number of methoxy groups -OCH3 is 1. The number of halogens is 3. The second-order valence-corrected chi connectivity index (χ2v) is 3.10. The lowest BCUT2D eigenvalue weighted by atomic mass is 10.3. The molecule has 0 aliphatic carbocycles. The lowest BCUT2D eigenvalue weighted by Crippen LogP contribution is -2.01. The normalized spacial score (nSPS) is 10.2. The molecule has 0 saturated heterocycles. The van der Waals surface area contributed by atoms with E-state index in [1.54, 1.807) is 0 Å². The molecule has 0 atom stereocenters. The standard InChI is InChI=1S/C8H7BrF2O2/c1-12-4-13-8-6(9)2-5(10)3-7(8)11/h2-3H,4H2,1H3. The lowest BCUT2D eigenvalue weighted by molar-refractivity contribution is 0.0476. The van der Waals surface area contributed by atoms with E-state index in [0.29, 0.717) is 0 Å². The summed E-state index contributed by atoms with van der Waals surface area (Å²) in [7, 11) is 1.41. The summed E-state index contributed by atoms with van der Waals surface area (Å²) in [6, 6.07) is 1.86. The van der Waals surface area contributed by atoms with Gasteiger partial charge in [-0.15, -0.1) is 0 Å². The number of hydrogen-bond acceptors (Lipinski definition) is 2. The first-order valence-corrected chi connectivity index (χ1v) is 4.20. The highest BCUT2D eigenvalue weighted by Crippen LogP contribution is 2.28. The van der Waals surface area contributed by atoms with Gasteiger partial charge in [-0.05, 0) is 22.0 Å². The average Bonchev–Trinajstić information content (AvgIpc) is 2.02. The van der Waals surface area contributed by atoms with Gasteiger partial charge in [-0.3, -0.25) is 0 Å². The number of ether oxygens (including phenoxy) is 2. The van der Waals surface area contributed by atoms with Crippen LogP contribution in [0.2, 0.25) is 0 Å². The van der Waals surface area contributed by atoms with Crippen molar-refractivity contribution in [1.82, 2.24) is 0 Å². The molecule has 2 nitrogen and oxygen atoms in total. The van der Waals surface area contributed by atoms with Crippen molar-refractivity contribution >= 4 is 15.9 Å². The van der Waals surface area contributed by atoms with Crippen LogP contribution in [-0.2, 0) is 4.74 Å². The predicted octanol–water partition coefficient (Wildman–Crippen LogP) is 2.71. The molecule has 0 radical (unpaired) electrons. The van der Waals surface area contributed by atoms with E-state index in [1.165, 1.54) is 7.11 Å². The van der Waals surface area contributed by atoms with E-state index in [9.17, 15) is 8.78 Å². The van der Waals surface area contributed by atoms with Gasteiger partial charge in [0.2, 0.25) is 0 Å². The van der Waals surface area contributed by atoms with E-state index in [1.807, 2.05) is 0 Å². The fourth-order valence-corrected chi connectivity index (χ4v) is 1.31. The van der Waals surface area contributed by atoms with Crippen LogP contribution in [-0.4, -0.2) is 13.9 Å². The van der Waals surface area contributed by atoms with Crippen LogP contribution in [0.3, 0.4) is 0 Å². The molecule has 0 unspecified atom stereocenters. The van der Waals surface area contributed by atoms with Crippen molar-refractivity contribution in [3.8, 4) is 5.75 Å². The van der Waals surface area contributed by atoms with E-state index in [4.69, 9.17) is 4.74 Å². The molecule has 5 heteroatoms. The Hall–Kier alpha value is -0.680. The fourth-order valence-electron chi connectivity index (χ4n) is 0.785. The van der Waals surface area contributed by atoms with E-state index in [2.05, 4.69) is 20.7 Å². The van der Waals surface area contributed by atoms with E-state index >= 15 is 0 Å². The Labute approximate surface area is 82.6 Å². The first-order chi connectivity index (χ1) is 6.15. The van der Waals surface area contributed by atoms with Crippen molar-refractivity contribution in [2.75, 3.05) is 13.9 Å². The minimum absolute atomic E-state index is 0.0525. The van der Waals surface area contributed by atoms with Crippen molar-refractivity contribution in [2.45, 2.75) is 0 Å². The van der Waals surface area contributed by atoms with Crippen molar-refractivity contribution in [3.05, 3.63) is 28.2 Å². The molecule has 0 amide bonds. The monoisotopic (exact) mass is 252 g/mol. The van der Waals surface area contributed by atoms with Gasteiger partial charge in [-0.25, -0.2) is 8.78 Å². The molecule has 72 valence electrons. The zero-order chi connectivity index (χ0) is 9.84. The van der Waals surface area contributed by atoms with Gasteiger partial charge in [-0.1, -0.05) is 0 Å². The molecule has 0 spiro atoms. The van der Waals surface area contributed by atoms with Crippen LogP contribution in [0.5, 0.6) is 5.75 Å². The van der Waals surface area contributed by atoms with Gasteiger partial charge in [0.1, 0.15) is 5.82 Å². The average molecular weight is 253 g/mol. The molecule has 0 aromatic heterocycles. The zero-order valence-corrected chi connectivity index (χ0v) is 8.40. The molecule has 13 heavy (non-hydrogen) atoms. The summed E-state index contributed by atoms with van der Waals surface area (Å²) >= 11 is 2.97. The van der Waals surface area contributed by atoms with Gasteiger partial charge < -0.3 is 9.47 Å². The van der Waals surface area contributed by atoms with Crippen LogP contribution in [0.15, 0.2) is 16.6 Å². The van der Waals surface area contributed by atoms with Crippen molar-refractivity contribution in [1.29, 1.82) is 0 Å². The molecular formula is C8H7BrF2O2. The van der Waals surface area contributed by atoms with Crippen LogP contribution >= 0.6 is 15.9 Å². The topological polar surface area (TPSA) is 18.5 Å². The van der Waals surface area contributed by atoms with Gasteiger partial charge in [0, 0.05) is 13.2 Å². The Morgan fingerprint density at radius 1 is 1.38 bits per heavy atom. The first-order valence-electron chi connectivity index (χ1n) is 3.41. The van der Waals surface area contributed by atoms with Crippen molar-refractivity contribution in [3.63, 3.8) is 0 Å². The molecule has 1 aromatic rings. The van der Waals surface area contributed by atoms with Crippen LogP contribution in [0, 0.1) is 11.6 Å². The smallest absolute Gasteiger partial charge is 0.188 e. The SMILES string of the molecule is COCOc1c(F)cc(F)cc1Br. The molecule has 0 aliphatic rings. The molecule has 1 aromatic carbocycles. The summed E-state index contributed by atoms with van der Waals surface area (Å²) < 4.78 is 35.2. The minimum atomic E-state index is -0.760. The van der Waals surface area contributed by atoms with Gasteiger partial charge in [0.15, 0.2) is 18.4 Å². The van der Waals surface area contributed by atoms with Gasteiger partial charge >= 0.3 is 0 Å². The molecule has 0 bridgehead atoms. The molecule has 0 aliphatic heterocycles. The molecule has 0 fully saturated rings. The third kappa shape index (κ3) is 2.63. The summed E-state index contributed by atoms with van der Waals surface area (Å²) in [6.07, 6.45) is 0. The van der Waals surface area contributed by atoms with Crippen molar-refractivity contribution in [2.24, 2.45) is 0 Å². The van der Waals surface area contributed by atoms with Crippen LogP contribution in [0.25, 0.3) is 0 Å². The van der Waals surface area contributed by atoms with Crippen molar-refractivity contribution < 1.29 is 18.3 Å². The Bertz CT molecular complexity index is 281. The van der Waals surface area contributed by atoms with E-state index in [0.717, 1.165) is 12.1 Å². The third-order valence-electron chi connectivity index (χ3n) is 1.28. The fraction of sp³-hybridized carbons (Fsp3) is 0.250. The van der Waals surface area contributed by atoms with E-state index < -0.39 is 11.6 Å². The molecule has 1 rings (SSSR count). The summed E-state index contributed by atoms with van der Waals surface area (Å²) in [4.78, 5) is 0. The maximum atomic E-state index is 13.0. The van der Waals surface area contributed by atoms with Gasteiger partial charge in [-0.2, -0.15) is 0 Å². The maximum absolute atomic E-state index is 13.0.